The van der Waals surface area contributed by atoms with Gasteiger partial charge in [-0.3, -0.25) is 9.59 Å². The van der Waals surface area contributed by atoms with Crippen LogP contribution in [0.3, 0.4) is 0 Å². The van der Waals surface area contributed by atoms with E-state index in [1.807, 2.05) is 24.3 Å². The van der Waals surface area contributed by atoms with Gasteiger partial charge in [-0.1, -0.05) is 80.4 Å². The summed E-state index contributed by atoms with van der Waals surface area (Å²) < 4.78 is 0. The monoisotopic (exact) mass is 493 g/mol. The summed E-state index contributed by atoms with van der Waals surface area (Å²) in [5, 5.41) is 0.0464. The van der Waals surface area contributed by atoms with Crippen molar-refractivity contribution in [2.24, 2.45) is 17.2 Å². The molecule has 9 heteroatoms. The van der Waals surface area contributed by atoms with E-state index in [2.05, 4.69) is 6.92 Å². The van der Waals surface area contributed by atoms with Gasteiger partial charge in [0.1, 0.15) is 0 Å². The molecule has 0 aromatic heterocycles. The summed E-state index contributed by atoms with van der Waals surface area (Å²) in [6.07, 6.45) is 6.39. The van der Waals surface area contributed by atoms with Crippen LogP contribution < -0.4 is 17.2 Å². The first-order chi connectivity index (χ1) is 13.5. The maximum absolute atomic E-state index is 12.3. The highest BCUT2D eigenvalue weighted by molar-refractivity contribution is 8.13. The Morgan fingerprint density at radius 3 is 1.67 bits per heavy atom. The van der Waals surface area contributed by atoms with Gasteiger partial charge in [0.05, 0.1) is 12.1 Å². The predicted molar refractivity (Wildman–Crippen MR) is 143 cm³/mol. The fraction of sp³-hybridized carbons (Fsp3) is 0.619. The third-order valence-electron chi connectivity index (χ3n) is 4.55. The van der Waals surface area contributed by atoms with E-state index in [0.717, 1.165) is 49.7 Å². The van der Waals surface area contributed by atoms with Crippen molar-refractivity contribution in [1.29, 1.82) is 0 Å². The number of rotatable bonds is 14. The van der Waals surface area contributed by atoms with E-state index in [9.17, 15) is 9.59 Å². The van der Waals surface area contributed by atoms with Crippen molar-refractivity contribution in [3.8, 4) is 0 Å². The lowest BCUT2D eigenvalue weighted by molar-refractivity contribution is -0.113. The second-order valence-corrected chi connectivity index (χ2v) is 8.94. The summed E-state index contributed by atoms with van der Waals surface area (Å²) in [6.45, 7) is 2.76. The van der Waals surface area contributed by atoms with Crippen molar-refractivity contribution in [2.45, 2.75) is 75.5 Å². The summed E-state index contributed by atoms with van der Waals surface area (Å²) in [4.78, 5) is 24.5. The Kier molecular flexibility index (Phi) is 20.8. The average molecular weight is 494 g/mol. The Hall–Kier alpha value is -0.160. The first kappa shape index (κ1) is 32.0. The maximum atomic E-state index is 12.3. The van der Waals surface area contributed by atoms with E-state index in [-0.39, 0.29) is 37.2 Å². The second-order valence-electron chi connectivity index (χ2n) is 6.98. The van der Waals surface area contributed by atoms with Crippen LogP contribution >= 0.6 is 50.5 Å². The minimum Gasteiger partial charge on any atom is -0.330 e. The Labute approximate surface area is 204 Å². The molecule has 1 rings (SSSR count). The van der Waals surface area contributed by atoms with Gasteiger partial charge in [-0.15, -0.1) is 0 Å². The summed E-state index contributed by atoms with van der Waals surface area (Å²) in [7, 11) is 0. The number of carbonyl (C=O) groups is 2. The molecule has 0 saturated heterocycles. The molecule has 0 bridgehead atoms. The van der Waals surface area contributed by atoms with E-state index < -0.39 is 12.1 Å². The molecule has 0 unspecified atom stereocenters. The van der Waals surface area contributed by atoms with Crippen molar-refractivity contribution in [2.75, 3.05) is 6.54 Å². The summed E-state index contributed by atoms with van der Waals surface area (Å²) in [6, 6.07) is 7.07. The number of nitrogens with two attached hydrogens (primary N) is 3. The van der Waals surface area contributed by atoms with Crippen LogP contribution in [0.4, 0.5) is 0 Å². The molecule has 5 nitrogen and oxygen atoms in total. The third-order valence-corrected chi connectivity index (χ3v) is 6.64. The highest BCUT2D eigenvalue weighted by Crippen LogP contribution is 2.24. The largest absolute Gasteiger partial charge is 0.330 e. The van der Waals surface area contributed by atoms with Gasteiger partial charge in [-0.05, 0) is 36.9 Å². The van der Waals surface area contributed by atoms with Gasteiger partial charge in [-0.25, -0.2) is 0 Å². The minimum atomic E-state index is -0.444. The van der Waals surface area contributed by atoms with Gasteiger partial charge in [-0.2, -0.15) is 27.0 Å². The molecule has 2 atom stereocenters. The molecule has 0 spiro atoms. The van der Waals surface area contributed by atoms with Gasteiger partial charge >= 0.3 is 0 Å². The average Bonchev–Trinajstić information content (AvgIpc) is 2.70. The first-order valence-corrected chi connectivity index (χ1v) is 12.1. The lowest BCUT2D eigenvalue weighted by atomic mass is 10.1. The van der Waals surface area contributed by atoms with Crippen molar-refractivity contribution < 1.29 is 9.59 Å². The molecule has 0 aliphatic carbocycles. The first-order valence-electron chi connectivity index (χ1n) is 10.1. The van der Waals surface area contributed by atoms with Crippen LogP contribution in [0.25, 0.3) is 0 Å². The van der Waals surface area contributed by atoms with Gasteiger partial charge in [0.15, 0.2) is 0 Å². The molecule has 1 aromatic rings. The van der Waals surface area contributed by atoms with Crippen LogP contribution in [0.1, 0.15) is 63.0 Å². The van der Waals surface area contributed by atoms with Crippen LogP contribution in [-0.2, 0) is 21.1 Å². The van der Waals surface area contributed by atoms with Crippen molar-refractivity contribution in [1.82, 2.24) is 0 Å². The van der Waals surface area contributed by atoms with E-state index in [1.165, 1.54) is 23.5 Å². The highest BCUT2D eigenvalue weighted by Gasteiger charge is 2.17. The molecule has 0 heterocycles. The number of hydrogen-bond acceptors (Lipinski definition) is 7. The quantitative estimate of drug-likeness (QED) is 0.338. The Bertz CT molecular complexity index is 554. The molecule has 30 heavy (non-hydrogen) atoms. The summed E-state index contributed by atoms with van der Waals surface area (Å²) in [5.41, 5.74) is 19.6. The van der Waals surface area contributed by atoms with Gasteiger partial charge in [0.25, 0.3) is 0 Å². The number of thioether (sulfide) groups is 2. The molecule has 0 aliphatic heterocycles. The molecular weight excluding hydrogens is 455 g/mol. The smallest absolute Gasteiger partial charge is 0.205 e. The molecule has 1 aromatic carbocycles. The number of hydrogen-bond donors (Lipinski definition) is 3. The molecular formula is C21H39N3O2S4. The van der Waals surface area contributed by atoms with Gasteiger partial charge < -0.3 is 17.2 Å². The number of benzene rings is 1. The minimum absolute atomic E-state index is 0. The Morgan fingerprint density at radius 1 is 0.833 bits per heavy atom. The summed E-state index contributed by atoms with van der Waals surface area (Å²) in [5.74, 6) is 1.14. The zero-order chi connectivity index (χ0) is 20.8. The number of unbranched alkanes of at least 4 members (excludes halogenated alkanes) is 3. The zero-order valence-corrected chi connectivity index (χ0v) is 21.5. The van der Waals surface area contributed by atoms with Crippen LogP contribution in [-0.4, -0.2) is 28.9 Å². The van der Waals surface area contributed by atoms with Crippen LogP contribution in [0.2, 0.25) is 0 Å². The molecule has 0 saturated carbocycles. The Balaban J connectivity index is 0. The lowest BCUT2D eigenvalue weighted by Crippen LogP contribution is -2.28. The molecule has 0 aliphatic rings. The van der Waals surface area contributed by atoms with Crippen molar-refractivity contribution in [3.63, 3.8) is 0 Å². The maximum Gasteiger partial charge on any atom is 0.205 e. The SMILES string of the molecule is CCCCC[C@H](N)C(=O)SCc1ccccc1CSC(=O)[C@@H](N)CCCCN.S.S. The van der Waals surface area contributed by atoms with Crippen molar-refractivity contribution in [3.05, 3.63) is 35.4 Å². The Morgan fingerprint density at radius 2 is 1.27 bits per heavy atom. The molecule has 6 N–H and O–H groups in total. The third kappa shape index (κ3) is 13.3. The molecule has 0 fully saturated rings. The lowest BCUT2D eigenvalue weighted by Gasteiger charge is -2.13. The molecule has 174 valence electrons. The van der Waals surface area contributed by atoms with Crippen LogP contribution in [0.15, 0.2) is 24.3 Å². The van der Waals surface area contributed by atoms with E-state index in [1.54, 1.807) is 0 Å². The standard InChI is InChI=1S/C21H35N3O2S2.2H2S/c1-2-3-4-11-18(23)20(25)27-14-16-9-5-6-10-17(16)15-28-21(26)19(24)12-7-8-13-22;;/h5-6,9-10,18-19H,2-4,7-8,11-15,22-24H2,1H3;2*1H2/t18-,19-;;/m0../s1. The summed E-state index contributed by atoms with van der Waals surface area (Å²) >= 11 is 2.52. The topological polar surface area (TPSA) is 112 Å². The van der Waals surface area contributed by atoms with Crippen molar-refractivity contribution >= 4 is 60.7 Å². The van der Waals surface area contributed by atoms with E-state index in [0.29, 0.717) is 24.5 Å². The van der Waals surface area contributed by atoms with Gasteiger partial charge in [0, 0.05) is 11.5 Å². The van der Waals surface area contributed by atoms with E-state index in [4.69, 9.17) is 17.2 Å². The predicted octanol–water partition coefficient (Wildman–Crippen LogP) is 3.80. The van der Waals surface area contributed by atoms with Crippen LogP contribution in [0.5, 0.6) is 0 Å². The fourth-order valence-corrected chi connectivity index (χ4v) is 4.53. The normalized spacial score (nSPS) is 12.4. The van der Waals surface area contributed by atoms with Gasteiger partial charge in [0.2, 0.25) is 10.2 Å². The zero-order valence-electron chi connectivity index (χ0n) is 17.9. The highest BCUT2D eigenvalue weighted by atomic mass is 32.2. The molecule has 0 radical (unpaired) electrons. The second kappa shape index (κ2) is 19.5. The van der Waals surface area contributed by atoms with Crippen LogP contribution in [0, 0.1) is 0 Å². The molecule has 0 amide bonds. The number of carbonyl (C=O) groups excluding carboxylic acids is 2. The fourth-order valence-electron chi connectivity index (χ4n) is 2.71. The van der Waals surface area contributed by atoms with E-state index >= 15 is 0 Å².